The molecule has 4 aromatic carbocycles. The predicted molar refractivity (Wildman–Crippen MR) is 156 cm³/mol. The van der Waals surface area contributed by atoms with Crippen LogP contribution in [-0.4, -0.2) is 17.2 Å². The van der Waals surface area contributed by atoms with Gasteiger partial charge in [-0.1, -0.05) is 84.4 Å². The van der Waals surface area contributed by atoms with Gasteiger partial charge in [0.1, 0.15) is 6.10 Å². The van der Waals surface area contributed by atoms with Gasteiger partial charge in [0.15, 0.2) is 17.2 Å². The number of carboxylic acid groups (broad SMARTS) is 1. The second-order valence-corrected chi connectivity index (χ2v) is 10.6. The fraction of sp³-hybridized carbons (Fsp3) is 0.152. The van der Waals surface area contributed by atoms with Crippen LogP contribution in [0.3, 0.4) is 0 Å². The maximum absolute atomic E-state index is 14.7. The van der Waals surface area contributed by atoms with Gasteiger partial charge < -0.3 is 14.3 Å². The molecular weight excluding hydrogens is 545 g/mol. The van der Waals surface area contributed by atoms with Gasteiger partial charge in [-0.2, -0.15) is 0 Å². The summed E-state index contributed by atoms with van der Waals surface area (Å²) in [5, 5.41) is 13.2. The number of fused-ring (bicyclic) bond motifs is 1. The van der Waals surface area contributed by atoms with Crippen LogP contribution in [-0.2, 0) is 14.9 Å². The monoisotopic (exact) mass is 569 g/mol. The lowest BCUT2D eigenvalue weighted by atomic mass is 9.93. The molecule has 1 aliphatic carbocycles. The van der Waals surface area contributed by atoms with Crippen molar-refractivity contribution >= 4 is 40.3 Å². The lowest BCUT2D eigenvalue weighted by molar-refractivity contribution is -0.140. The number of nitrogens with one attached hydrogen (secondary N) is 1. The first-order chi connectivity index (χ1) is 19.8. The number of hydrogen-bond acceptors (Lipinski definition) is 4. The van der Waals surface area contributed by atoms with Crippen molar-refractivity contribution in [3.05, 3.63) is 113 Å². The van der Waals surface area contributed by atoms with Crippen LogP contribution in [0.4, 0.5) is 14.9 Å². The molecule has 0 spiro atoms. The second kappa shape index (κ2) is 10.4. The summed E-state index contributed by atoms with van der Waals surface area (Å²) < 4.78 is 26.2. The maximum atomic E-state index is 14.7. The Labute approximate surface area is 240 Å². The zero-order chi connectivity index (χ0) is 28.7. The Morgan fingerprint density at radius 1 is 0.927 bits per heavy atom. The molecule has 6 rings (SSSR count). The summed E-state index contributed by atoms with van der Waals surface area (Å²) in [5.74, 6) is -1.06. The van der Waals surface area contributed by atoms with Gasteiger partial charge in [-0.3, -0.25) is 10.1 Å². The highest BCUT2D eigenvalue weighted by atomic mass is 35.5. The molecule has 8 heteroatoms. The van der Waals surface area contributed by atoms with E-state index in [-0.39, 0.29) is 17.0 Å². The molecule has 0 aliphatic heterocycles. The molecule has 0 bridgehead atoms. The van der Waals surface area contributed by atoms with E-state index >= 15 is 0 Å². The molecular formula is C33H25ClFNO5. The third kappa shape index (κ3) is 4.93. The van der Waals surface area contributed by atoms with Crippen molar-refractivity contribution in [3.63, 3.8) is 0 Å². The summed E-state index contributed by atoms with van der Waals surface area (Å²) in [6.07, 6.45) is -0.0654. The standard InChI is InChI=1S/C33H25ClFNO5/c1-19(24-5-2-3-7-26(24)34)40-32(39)36-28-25-6-4-8-27(35)30(25)41-29(28)22-11-9-20(10-12-22)21-13-15-23(16-14-21)33(17-18-33)31(37)38/h2-16,19H,17-18H2,1H3,(H,36,39)(H,37,38)/t19-/m1/s1. The van der Waals surface area contributed by atoms with Crippen LogP contribution >= 0.6 is 11.6 Å². The minimum atomic E-state index is -0.788. The second-order valence-electron chi connectivity index (χ2n) is 10.2. The molecule has 1 fully saturated rings. The maximum Gasteiger partial charge on any atom is 0.412 e. The number of para-hydroxylation sites is 1. The normalized spacial score (nSPS) is 14.4. The van der Waals surface area contributed by atoms with Crippen LogP contribution in [0.15, 0.2) is 95.4 Å². The van der Waals surface area contributed by atoms with Gasteiger partial charge >= 0.3 is 12.1 Å². The lowest BCUT2D eigenvalue weighted by Crippen LogP contribution is -2.19. The van der Waals surface area contributed by atoms with Crippen LogP contribution in [0.5, 0.6) is 0 Å². The van der Waals surface area contributed by atoms with Crippen molar-refractivity contribution in [3.8, 4) is 22.5 Å². The summed E-state index contributed by atoms with van der Waals surface area (Å²) in [5.41, 5.74) is 3.47. The molecule has 6 nitrogen and oxygen atoms in total. The Hall–Kier alpha value is -4.62. The van der Waals surface area contributed by atoms with Gasteiger partial charge in [0, 0.05) is 21.5 Å². The Morgan fingerprint density at radius 3 is 2.20 bits per heavy atom. The first kappa shape index (κ1) is 26.6. The number of halogens is 2. The summed E-state index contributed by atoms with van der Waals surface area (Å²) in [6.45, 7) is 1.71. The number of carbonyl (C=O) groups excluding carboxylic acids is 1. The van der Waals surface area contributed by atoms with E-state index in [1.807, 2.05) is 48.5 Å². The molecule has 1 amide bonds. The van der Waals surface area contributed by atoms with Crippen LogP contribution < -0.4 is 5.32 Å². The summed E-state index contributed by atoms with van der Waals surface area (Å²) in [6, 6.07) is 26.6. The van der Waals surface area contributed by atoms with Gasteiger partial charge in [0.25, 0.3) is 0 Å². The van der Waals surface area contributed by atoms with Crippen molar-refractivity contribution in [1.82, 2.24) is 0 Å². The fourth-order valence-electron chi connectivity index (χ4n) is 5.12. The van der Waals surface area contributed by atoms with Gasteiger partial charge in [-0.05, 0) is 54.7 Å². The predicted octanol–water partition coefficient (Wildman–Crippen LogP) is 8.99. The number of carbonyl (C=O) groups is 2. The summed E-state index contributed by atoms with van der Waals surface area (Å²) in [4.78, 5) is 24.6. The number of furan rings is 1. The number of benzene rings is 4. The van der Waals surface area contributed by atoms with Crippen molar-refractivity contribution in [1.29, 1.82) is 0 Å². The highest BCUT2D eigenvalue weighted by molar-refractivity contribution is 6.31. The lowest BCUT2D eigenvalue weighted by Gasteiger charge is -2.15. The van der Waals surface area contributed by atoms with Gasteiger partial charge in [-0.25, -0.2) is 9.18 Å². The van der Waals surface area contributed by atoms with Crippen LogP contribution in [0.25, 0.3) is 33.4 Å². The van der Waals surface area contributed by atoms with E-state index < -0.39 is 29.4 Å². The Bertz CT molecular complexity index is 1770. The van der Waals surface area contributed by atoms with E-state index in [1.165, 1.54) is 6.07 Å². The van der Waals surface area contributed by atoms with E-state index in [1.54, 1.807) is 43.3 Å². The number of rotatable bonds is 7. The highest BCUT2D eigenvalue weighted by Crippen LogP contribution is 2.48. The van der Waals surface area contributed by atoms with Gasteiger partial charge in [0.05, 0.1) is 11.1 Å². The van der Waals surface area contributed by atoms with E-state index in [0.717, 1.165) is 16.7 Å². The molecule has 1 saturated carbocycles. The Balaban J connectivity index is 1.28. The van der Waals surface area contributed by atoms with Crippen LogP contribution in [0.1, 0.15) is 37.0 Å². The molecule has 1 atom stereocenters. The smallest absolute Gasteiger partial charge is 0.412 e. The Morgan fingerprint density at radius 2 is 1.56 bits per heavy atom. The number of carboxylic acids is 1. The number of ether oxygens (including phenoxy) is 1. The minimum absolute atomic E-state index is 0.0176. The molecule has 206 valence electrons. The molecule has 1 aliphatic rings. The van der Waals surface area contributed by atoms with Crippen LogP contribution in [0, 0.1) is 5.82 Å². The molecule has 1 aromatic heterocycles. The summed E-state index contributed by atoms with van der Waals surface area (Å²) >= 11 is 6.25. The van der Waals surface area contributed by atoms with Crippen molar-refractivity contribution in [2.75, 3.05) is 5.32 Å². The average Bonchev–Trinajstić information content (AvgIpc) is 3.71. The zero-order valence-corrected chi connectivity index (χ0v) is 22.7. The number of aliphatic carboxylic acids is 1. The van der Waals surface area contributed by atoms with E-state index in [4.69, 9.17) is 20.8 Å². The SMILES string of the molecule is C[C@@H](OC(=O)Nc1c(-c2ccc(-c3ccc(C4(C(=O)O)CC4)cc3)cc2)oc2c(F)cccc12)c1ccccc1Cl. The van der Waals surface area contributed by atoms with Crippen molar-refractivity contribution < 1.29 is 28.2 Å². The largest absolute Gasteiger partial charge is 0.481 e. The molecule has 1 heterocycles. The number of hydrogen-bond donors (Lipinski definition) is 2. The first-order valence-electron chi connectivity index (χ1n) is 13.1. The van der Waals surface area contributed by atoms with Crippen molar-refractivity contribution in [2.45, 2.75) is 31.3 Å². The van der Waals surface area contributed by atoms with E-state index in [2.05, 4.69) is 5.32 Å². The van der Waals surface area contributed by atoms with Crippen LogP contribution in [0.2, 0.25) is 5.02 Å². The number of anilines is 1. The number of amides is 1. The topological polar surface area (TPSA) is 88.8 Å². The first-order valence-corrected chi connectivity index (χ1v) is 13.5. The molecule has 0 saturated heterocycles. The molecule has 5 aromatic rings. The molecule has 0 unspecified atom stereocenters. The third-order valence-electron chi connectivity index (χ3n) is 7.60. The molecule has 0 radical (unpaired) electrons. The quantitative estimate of drug-likeness (QED) is 0.204. The third-order valence-corrected chi connectivity index (χ3v) is 7.94. The van der Waals surface area contributed by atoms with Gasteiger partial charge in [-0.15, -0.1) is 0 Å². The molecule has 2 N–H and O–H groups in total. The van der Waals surface area contributed by atoms with E-state index in [0.29, 0.717) is 34.4 Å². The highest BCUT2D eigenvalue weighted by Gasteiger charge is 2.51. The average molecular weight is 570 g/mol. The Kier molecular flexibility index (Phi) is 6.75. The van der Waals surface area contributed by atoms with E-state index in [9.17, 15) is 19.1 Å². The molecule has 41 heavy (non-hydrogen) atoms. The minimum Gasteiger partial charge on any atom is -0.481 e. The van der Waals surface area contributed by atoms with Crippen molar-refractivity contribution in [2.24, 2.45) is 0 Å². The van der Waals surface area contributed by atoms with Gasteiger partial charge in [0.2, 0.25) is 0 Å². The fourth-order valence-corrected chi connectivity index (χ4v) is 5.41. The summed E-state index contributed by atoms with van der Waals surface area (Å²) in [7, 11) is 0. The zero-order valence-electron chi connectivity index (χ0n) is 22.0.